The topological polar surface area (TPSA) is 75.7 Å². The third kappa shape index (κ3) is 6.21. The van der Waals surface area contributed by atoms with Crippen molar-refractivity contribution in [1.29, 1.82) is 0 Å². The van der Waals surface area contributed by atoms with Crippen molar-refractivity contribution in [2.45, 2.75) is 51.7 Å². The van der Waals surface area contributed by atoms with E-state index >= 15 is 0 Å². The molecule has 0 spiro atoms. The van der Waals surface area contributed by atoms with Crippen LogP contribution < -0.4 is 5.32 Å². The van der Waals surface area contributed by atoms with Crippen LogP contribution in [0.2, 0.25) is 0 Å². The molecule has 1 aromatic rings. The van der Waals surface area contributed by atoms with Crippen molar-refractivity contribution < 1.29 is 19.1 Å². The second-order valence-corrected chi connectivity index (χ2v) is 7.27. The van der Waals surface area contributed by atoms with E-state index in [0.717, 1.165) is 0 Å². The molecule has 0 bridgehead atoms. The minimum absolute atomic E-state index is 0.0439. The highest BCUT2D eigenvalue weighted by Gasteiger charge is 2.30. The molecule has 0 aliphatic carbocycles. The number of ketones is 1. The Balaban J connectivity index is 1.73. The van der Waals surface area contributed by atoms with Crippen molar-refractivity contribution in [2.24, 2.45) is 0 Å². The van der Waals surface area contributed by atoms with Crippen molar-refractivity contribution in [3.05, 3.63) is 35.9 Å². The number of amides is 2. The Morgan fingerprint density at radius 3 is 2.48 bits per heavy atom. The second kappa shape index (κ2) is 8.14. The van der Waals surface area contributed by atoms with Crippen molar-refractivity contribution in [3.63, 3.8) is 0 Å². The molecule has 1 unspecified atom stereocenters. The van der Waals surface area contributed by atoms with Gasteiger partial charge in [-0.3, -0.25) is 9.59 Å². The minimum Gasteiger partial charge on any atom is -0.444 e. The van der Waals surface area contributed by atoms with Gasteiger partial charge in [0, 0.05) is 37.5 Å². The summed E-state index contributed by atoms with van der Waals surface area (Å²) >= 11 is 0. The number of nitrogens with zero attached hydrogens (tertiary/aromatic N) is 1. The van der Waals surface area contributed by atoms with Crippen LogP contribution in [-0.2, 0) is 9.53 Å². The van der Waals surface area contributed by atoms with E-state index in [1.165, 1.54) is 0 Å². The Morgan fingerprint density at radius 2 is 1.84 bits per heavy atom. The van der Waals surface area contributed by atoms with Crippen LogP contribution in [0.15, 0.2) is 30.3 Å². The van der Waals surface area contributed by atoms with Crippen molar-refractivity contribution in [1.82, 2.24) is 10.2 Å². The molecule has 1 atom stereocenters. The predicted octanol–water partition coefficient (Wildman–Crippen LogP) is 2.78. The molecule has 1 aromatic carbocycles. The van der Waals surface area contributed by atoms with E-state index in [2.05, 4.69) is 5.32 Å². The molecule has 1 aliphatic rings. The van der Waals surface area contributed by atoms with Gasteiger partial charge in [-0.1, -0.05) is 30.3 Å². The summed E-state index contributed by atoms with van der Waals surface area (Å²) in [5.41, 5.74) is 0.0863. The molecule has 6 nitrogen and oxygen atoms in total. The molecule has 0 radical (unpaired) electrons. The minimum atomic E-state index is -0.532. The predicted molar refractivity (Wildman–Crippen MR) is 94.4 cm³/mol. The highest BCUT2D eigenvalue weighted by atomic mass is 16.6. The molecule has 1 fully saturated rings. The van der Waals surface area contributed by atoms with E-state index in [-0.39, 0.29) is 36.7 Å². The van der Waals surface area contributed by atoms with E-state index < -0.39 is 5.60 Å². The van der Waals surface area contributed by atoms with Gasteiger partial charge in [-0.25, -0.2) is 4.79 Å². The number of carbonyl (C=O) groups is 3. The maximum atomic E-state index is 12.0. The zero-order valence-corrected chi connectivity index (χ0v) is 15.1. The molecular weight excluding hydrogens is 320 g/mol. The Hall–Kier alpha value is -2.37. The average Bonchev–Trinajstić information content (AvgIpc) is 3.00. The molecule has 1 heterocycles. The summed E-state index contributed by atoms with van der Waals surface area (Å²) < 4.78 is 5.33. The summed E-state index contributed by atoms with van der Waals surface area (Å²) in [7, 11) is 0. The van der Waals surface area contributed by atoms with Gasteiger partial charge < -0.3 is 15.0 Å². The fraction of sp³-hybridized carbons (Fsp3) is 0.526. The van der Waals surface area contributed by atoms with Crippen LogP contribution >= 0.6 is 0 Å². The zero-order valence-electron chi connectivity index (χ0n) is 15.1. The van der Waals surface area contributed by atoms with E-state index in [1.54, 1.807) is 29.2 Å². The number of hydrogen-bond donors (Lipinski definition) is 1. The van der Waals surface area contributed by atoms with Gasteiger partial charge >= 0.3 is 6.09 Å². The fourth-order valence-corrected chi connectivity index (χ4v) is 2.67. The third-order valence-corrected chi connectivity index (χ3v) is 3.88. The quantitative estimate of drug-likeness (QED) is 0.832. The summed E-state index contributed by atoms with van der Waals surface area (Å²) in [6.45, 7) is 6.47. The van der Waals surface area contributed by atoms with Gasteiger partial charge in [-0.2, -0.15) is 0 Å². The maximum absolute atomic E-state index is 12.0. The molecule has 0 saturated carbocycles. The van der Waals surface area contributed by atoms with Gasteiger partial charge in [-0.05, 0) is 27.2 Å². The van der Waals surface area contributed by atoms with E-state index in [0.29, 0.717) is 25.1 Å². The smallest absolute Gasteiger partial charge is 0.410 e. The molecule has 136 valence electrons. The number of benzene rings is 1. The van der Waals surface area contributed by atoms with Gasteiger partial charge in [0.25, 0.3) is 0 Å². The van der Waals surface area contributed by atoms with Gasteiger partial charge in [0.05, 0.1) is 0 Å². The van der Waals surface area contributed by atoms with Gasteiger partial charge in [-0.15, -0.1) is 0 Å². The maximum Gasteiger partial charge on any atom is 0.410 e. The number of ether oxygens (including phenoxy) is 1. The normalized spacial score (nSPS) is 17.2. The Labute approximate surface area is 148 Å². The van der Waals surface area contributed by atoms with Crippen LogP contribution in [0.25, 0.3) is 0 Å². The average molecular weight is 346 g/mol. The first-order valence-electron chi connectivity index (χ1n) is 8.60. The molecule has 2 amide bonds. The largest absolute Gasteiger partial charge is 0.444 e. The molecule has 0 aromatic heterocycles. The summed E-state index contributed by atoms with van der Waals surface area (Å²) in [6, 6.07) is 8.85. The van der Waals surface area contributed by atoms with Crippen LogP contribution in [0.5, 0.6) is 0 Å². The molecular formula is C19H26N2O4. The SMILES string of the molecule is CC(C)(C)OC(=O)N1CCC(NC(=O)CCC(=O)c2ccccc2)C1. The Bertz CT molecular complexity index is 622. The first-order valence-corrected chi connectivity index (χ1v) is 8.60. The first kappa shape index (κ1) is 19.0. The second-order valence-electron chi connectivity index (χ2n) is 7.27. The highest BCUT2D eigenvalue weighted by Crippen LogP contribution is 2.15. The monoisotopic (exact) mass is 346 g/mol. The number of rotatable bonds is 5. The van der Waals surface area contributed by atoms with Crippen LogP contribution in [0.1, 0.15) is 50.4 Å². The standard InChI is InChI=1S/C19H26N2O4/c1-19(2,3)25-18(24)21-12-11-15(13-21)20-17(23)10-9-16(22)14-7-5-4-6-8-14/h4-8,15H,9-13H2,1-3H3,(H,20,23). The number of Topliss-reactive ketones (excluding diaryl/α,β-unsaturated/α-hetero) is 1. The lowest BCUT2D eigenvalue weighted by atomic mass is 10.1. The van der Waals surface area contributed by atoms with Crippen LogP contribution in [0.4, 0.5) is 4.79 Å². The summed E-state index contributed by atoms with van der Waals surface area (Å²) in [6.07, 6.45) is 0.663. The van der Waals surface area contributed by atoms with Crippen molar-refractivity contribution in [2.75, 3.05) is 13.1 Å². The highest BCUT2D eigenvalue weighted by molar-refractivity contribution is 5.97. The summed E-state index contributed by atoms with van der Waals surface area (Å²) in [4.78, 5) is 37.7. The summed E-state index contributed by atoms with van der Waals surface area (Å²) in [5, 5.41) is 2.89. The lowest BCUT2D eigenvalue weighted by Gasteiger charge is -2.24. The molecule has 1 aliphatic heterocycles. The molecule has 6 heteroatoms. The number of carbonyl (C=O) groups excluding carboxylic acids is 3. The van der Waals surface area contributed by atoms with Crippen LogP contribution in [-0.4, -0.2) is 47.4 Å². The van der Waals surface area contributed by atoms with E-state index in [1.807, 2.05) is 26.8 Å². The van der Waals surface area contributed by atoms with Crippen molar-refractivity contribution in [3.8, 4) is 0 Å². The molecule has 2 rings (SSSR count). The van der Waals surface area contributed by atoms with Crippen LogP contribution in [0.3, 0.4) is 0 Å². The first-order chi connectivity index (χ1) is 11.7. The molecule has 1 N–H and O–H groups in total. The lowest BCUT2D eigenvalue weighted by Crippen LogP contribution is -2.40. The number of nitrogens with one attached hydrogen (secondary N) is 1. The Morgan fingerprint density at radius 1 is 1.16 bits per heavy atom. The zero-order chi connectivity index (χ0) is 18.4. The van der Waals surface area contributed by atoms with E-state index in [9.17, 15) is 14.4 Å². The van der Waals surface area contributed by atoms with Gasteiger partial charge in [0.2, 0.25) is 5.91 Å². The summed E-state index contributed by atoms with van der Waals surface area (Å²) in [5.74, 6) is -0.210. The fourth-order valence-electron chi connectivity index (χ4n) is 2.67. The molecule has 1 saturated heterocycles. The van der Waals surface area contributed by atoms with E-state index in [4.69, 9.17) is 4.74 Å². The van der Waals surface area contributed by atoms with Gasteiger partial charge in [0.15, 0.2) is 5.78 Å². The lowest BCUT2D eigenvalue weighted by molar-refractivity contribution is -0.121. The number of hydrogen-bond acceptors (Lipinski definition) is 4. The number of likely N-dealkylation sites (tertiary alicyclic amines) is 1. The van der Waals surface area contributed by atoms with Crippen LogP contribution in [0, 0.1) is 0 Å². The van der Waals surface area contributed by atoms with Gasteiger partial charge in [0.1, 0.15) is 5.60 Å². The third-order valence-electron chi connectivity index (χ3n) is 3.88. The molecule has 25 heavy (non-hydrogen) atoms. The van der Waals surface area contributed by atoms with Crippen molar-refractivity contribution >= 4 is 17.8 Å². The Kier molecular flexibility index (Phi) is 6.17.